The largest absolute Gasteiger partial charge is 0.480 e. The van der Waals surface area contributed by atoms with Gasteiger partial charge in [0.25, 0.3) is 0 Å². The lowest BCUT2D eigenvalue weighted by molar-refractivity contribution is -0.144. The van der Waals surface area contributed by atoms with Gasteiger partial charge in [-0.1, -0.05) is 11.6 Å². The molecule has 0 bridgehead atoms. The van der Waals surface area contributed by atoms with Crippen LogP contribution in [0.15, 0.2) is 24.4 Å². The van der Waals surface area contributed by atoms with Gasteiger partial charge in [0.2, 0.25) is 6.41 Å². The second kappa shape index (κ2) is 5.81. The summed E-state index contributed by atoms with van der Waals surface area (Å²) in [6.45, 7) is 4.25. The average Bonchev–Trinajstić information content (AvgIpc) is 2.91. The molecule has 6 nitrogen and oxygen atoms in total. The minimum atomic E-state index is -0.859. The molecule has 2 heterocycles. The van der Waals surface area contributed by atoms with Crippen molar-refractivity contribution in [1.29, 1.82) is 0 Å². The van der Waals surface area contributed by atoms with Crippen molar-refractivity contribution in [1.82, 2.24) is 14.8 Å². The molecule has 1 aliphatic heterocycles. The minimum Gasteiger partial charge on any atom is -0.480 e. The zero-order valence-electron chi connectivity index (χ0n) is 12.5. The Hall–Kier alpha value is -2.34. The van der Waals surface area contributed by atoms with Crippen LogP contribution >= 0.6 is 0 Å². The molecular formula is C16H19N3O3. The third-order valence-electron chi connectivity index (χ3n) is 4.26. The Morgan fingerprint density at radius 3 is 2.68 bits per heavy atom. The van der Waals surface area contributed by atoms with E-state index < -0.39 is 12.0 Å². The molecule has 6 heteroatoms. The summed E-state index contributed by atoms with van der Waals surface area (Å²) in [6.07, 6.45) is 2.61. The number of aliphatic carboxylic acids is 1. The fraction of sp³-hybridized carbons (Fsp3) is 0.375. The number of rotatable bonds is 4. The number of piperazine rings is 1. The molecule has 1 fully saturated rings. The highest BCUT2D eigenvalue weighted by molar-refractivity contribution is 5.89. The van der Waals surface area contributed by atoms with E-state index in [2.05, 4.69) is 4.98 Å². The van der Waals surface area contributed by atoms with Gasteiger partial charge in [-0.3, -0.25) is 14.5 Å². The molecule has 2 aromatic rings. The molecule has 1 saturated heterocycles. The Morgan fingerprint density at radius 2 is 2.05 bits per heavy atom. The summed E-state index contributed by atoms with van der Waals surface area (Å²) in [5.41, 5.74) is 2.83. The highest BCUT2D eigenvalue weighted by Gasteiger charge is 2.31. The number of carboxylic acid groups (broad SMARTS) is 1. The fourth-order valence-electron chi connectivity index (χ4n) is 3.07. The number of fused-ring (bicyclic) bond motifs is 1. The first-order valence-corrected chi connectivity index (χ1v) is 7.34. The highest BCUT2D eigenvalue weighted by atomic mass is 16.4. The number of hydrogen-bond acceptors (Lipinski definition) is 3. The molecule has 1 amide bonds. The zero-order valence-corrected chi connectivity index (χ0v) is 12.5. The third-order valence-corrected chi connectivity index (χ3v) is 4.26. The number of aromatic nitrogens is 1. The van der Waals surface area contributed by atoms with E-state index in [-0.39, 0.29) is 0 Å². The first kappa shape index (κ1) is 14.6. The van der Waals surface area contributed by atoms with E-state index in [9.17, 15) is 14.7 Å². The van der Waals surface area contributed by atoms with Gasteiger partial charge in [0.15, 0.2) is 0 Å². The summed E-state index contributed by atoms with van der Waals surface area (Å²) in [6, 6.07) is 5.29. The molecular weight excluding hydrogens is 282 g/mol. The maximum absolute atomic E-state index is 11.8. The van der Waals surface area contributed by atoms with Crippen molar-refractivity contribution in [2.45, 2.75) is 13.0 Å². The molecule has 22 heavy (non-hydrogen) atoms. The number of aromatic amines is 1. The molecule has 1 atom stereocenters. The Balaban J connectivity index is 1.95. The van der Waals surface area contributed by atoms with Crippen LogP contribution in [0.2, 0.25) is 0 Å². The van der Waals surface area contributed by atoms with Gasteiger partial charge >= 0.3 is 5.97 Å². The fourth-order valence-corrected chi connectivity index (χ4v) is 3.07. The van der Waals surface area contributed by atoms with Crippen molar-refractivity contribution in [3.63, 3.8) is 0 Å². The second-order valence-electron chi connectivity index (χ2n) is 5.71. The van der Waals surface area contributed by atoms with Crippen LogP contribution in [0.3, 0.4) is 0 Å². The van der Waals surface area contributed by atoms with Crippen LogP contribution < -0.4 is 0 Å². The van der Waals surface area contributed by atoms with Crippen LogP contribution in [0.4, 0.5) is 0 Å². The lowest BCUT2D eigenvalue weighted by Crippen LogP contribution is -2.48. The van der Waals surface area contributed by atoms with E-state index in [0.29, 0.717) is 26.2 Å². The van der Waals surface area contributed by atoms with Gasteiger partial charge in [-0.15, -0.1) is 0 Å². The number of hydrogen-bond donors (Lipinski definition) is 2. The van der Waals surface area contributed by atoms with E-state index in [1.807, 2.05) is 30.0 Å². The van der Waals surface area contributed by atoms with Crippen LogP contribution in [0.25, 0.3) is 10.9 Å². The summed E-state index contributed by atoms with van der Waals surface area (Å²) < 4.78 is 0. The summed E-state index contributed by atoms with van der Waals surface area (Å²) in [4.78, 5) is 29.4. The van der Waals surface area contributed by atoms with Crippen LogP contribution in [-0.2, 0) is 9.59 Å². The molecule has 0 saturated carbocycles. The third kappa shape index (κ3) is 2.57. The number of H-pyrrole nitrogens is 1. The Labute approximate surface area is 128 Å². The molecule has 2 N–H and O–H groups in total. The lowest BCUT2D eigenvalue weighted by atomic mass is 10.0. The molecule has 116 valence electrons. The van der Waals surface area contributed by atoms with Gasteiger partial charge in [0.1, 0.15) is 6.04 Å². The van der Waals surface area contributed by atoms with Gasteiger partial charge in [0.05, 0.1) is 0 Å². The van der Waals surface area contributed by atoms with Crippen molar-refractivity contribution in [2.24, 2.45) is 0 Å². The molecule has 1 aliphatic rings. The van der Waals surface area contributed by atoms with Crippen LogP contribution in [0.5, 0.6) is 0 Å². The number of nitrogens with one attached hydrogen (secondary N) is 1. The Bertz CT molecular complexity index is 702. The van der Waals surface area contributed by atoms with Crippen LogP contribution in [0, 0.1) is 6.92 Å². The Morgan fingerprint density at radius 1 is 1.32 bits per heavy atom. The normalized spacial score (nSPS) is 17.6. The van der Waals surface area contributed by atoms with Crippen molar-refractivity contribution >= 4 is 23.3 Å². The lowest BCUT2D eigenvalue weighted by Gasteiger charge is -2.36. The van der Waals surface area contributed by atoms with Crippen molar-refractivity contribution in [2.75, 3.05) is 26.2 Å². The number of nitrogens with zero attached hydrogens (tertiary/aromatic N) is 2. The second-order valence-corrected chi connectivity index (χ2v) is 5.71. The number of benzene rings is 1. The molecule has 0 spiro atoms. The van der Waals surface area contributed by atoms with Crippen molar-refractivity contribution in [3.8, 4) is 0 Å². The number of carbonyl (C=O) groups is 2. The maximum Gasteiger partial charge on any atom is 0.325 e. The first-order chi connectivity index (χ1) is 10.6. The van der Waals surface area contributed by atoms with E-state index >= 15 is 0 Å². The molecule has 0 unspecified atom stereocenters. The molecule has 1 aromatic carbocycles. The van der Waals surface area contributed by atoms with Gasteiger partial charge in [-0.25, -0.2) is 0 Å². The van der Waals surface area contributed by atoms with E-state index in [0.717, 1.165) is 28.4 Å². The molecule has 0 radical (unpaired) electrons. The molecule has 0 aliphatic carbocycles. The number of carboxylic acids is 1. The quantitative estimate of drug-likeness (QED) is 0.836. The van der Waals surface area contributed by atoms with E-state index in [1.54, 1.807) is 11.1 Å². The highest BCUT2D eigenvalue weighted by Crippen LogP contribution is 2.30. The first-order valence-electron chi connectivity index (χ1n) is 7.34. The van der Waals surface area contributed by atoms with Gasteiger partial charge in [-0.05, 0) is 19.1 Å². The standard InChI is InChI=1S/C16H19N3O3/c1-11-2-3-14-12(8-11)13(9-17-14)15(16(21)22)19-6-4-18(10-20)5-7-19/h2-3,8-10,15,17H,4-7H2,1H3,(H,21,22)/t15-/m0/s1. The van der Waals surface area contributed by atoms with Crippen LogP contribution in [0.1, 0.15) is 17.2 Å². The summed E-state index contributed by atoms with van der Waals surface area (Å²) in [5, 5.41) is 10.7. The van der Waals surface area contributed by atoms with E-state index in [4.69, 9.17) is 0 Å². The predicted molar refractivity (Wildman–Crippen MR) is 82.6 cm³/mol. The van der Waals surface area contributed by atoms with Crippen molar-refractivity contribution in [3.05, 3.63) is 35.5 Å². The molecule has 3 rings (SSSR count). The van der Waals surface area contributed by atoms with Crippen molar-refractivity contribution < 1.29 is 14.7 Å². The van der Waals surface area contributed by atoms with Crippen LogP contribution in [-0.4, -0.2) is 58.4 Å². The van der Waals surface area contributed by atoms with Gasteiger partial charge < -0.3 is 15.0 Å². The number of amides is 1. The number of carbonyl (C=O) groups excluding carboxylic acids is 1. The maximum atomic E-state index is 11.8. The molecule has 1 aromatic heterocycles. The van der Waals surface area contributed by atoms with Gasteiger partial charge in [0, 0.05) is 48.8 Å². The average molecular weight is 301 g/mol. The van der Waals surface area contributed by atoms with E-state index in [1.165, 1.54) is 0 Å². The summed E-state index contributed by atoms with van der Waals surface area (Å²) >= 11 is 0. The number of aryl methyl sites for hydroxylation is 1. The van der Waals surface area contributed by atoms with Gasteiger partial charge in [-0.2, -0.15) is 0 Å². The minimum absolute atomic E-state index is 0.564. The summed E-state index contributed by atoms with van der Waals surface area (Å²) in [5.74, 6) is -0.859. The predicted octanol–water partition coefficient (Wildman–Crippen LogP) is 1.38. The smallest absolute Gasteiger partial charge is 0.325 e. The SMILES string of the molecule is Cc1ccc2[nH]cc([C@@H](C(=O)O)N3CCN(C=O)CC3)c2c1. The zero-order chi connectivity index (χ0) is 15.7. The summed E-state index contributed by atoms with van der Waals surface area (Å²) in [7, 11) is 0. The topological polar surface area (TPSA) is 76.6 Å². The Kier molecular flexibility index (Phi) is 3.85. The monoisotopic (exact) mass is 301 g/mol.